The van der Waals surface area contributed by atoms with E-state index < -0.39 is 27.7 Å². The molecule has 0 bridgehead atoms. The van der Waals surface area contributed by atoms with Crippen molar-refractivity contribution in [2.24, 2.45) is 0 Å². The summed E-state index contributed by atoms with van der Waals surface area (Å²) in [6, 6.07) is 3.64. The molecular formula is C19H26FN3O4S. The maximum absolute atomic E-state index is 13.5. The van der Waals surface area contributed by atoms with Gasteiger partial charge < -0.3 is 10.6 Å². The Morgan fingerprint density at radius 3 is 2.61 bits per heavy atom. The van der Waals surface area contributed by atoms with Crippen molar-refractivity contribution >= 4 is 21.8 Å². The van der Waals surface area contributed by atoms with Crippen molar-refractivity contribution in [3.63, 3.8) is 0 Å². The highest BCUT2D eigenvalue weighted by molar-refractivity contribution is 7.89. The van der Waals surface area contributed by atoms with Crippen molar-refractivity contribution in [2.45, 2.75) is 62.4 Å². The van der Waals surface area contributed by atoms with E-state index in [0.717, 1.165) is 25.7 Å². The number of aryl methyl sites for hydroxylation is 1. The van der Waals surface area contributed by atoms with Gasteiger partial charge in [0.15, 0.2) is 0 Å². The fraction of sp³-hybridized carbons (Fsp3) is 0.579. The molecular weight excluding hydrogens is 385 g/mol. The van der Waals surface area contributed by atoms with Crippen LogP contribution >= 0.6 is 0 Å². The van der Waals surface area contributed by atoms with Crippen LogP contribution in [0.5, 0.6) is 0 Å². The van der Waals surface area contributed by atoms with Crippen molar-refractivity contribution < 1.29 is 22.4 Å². The highest BCUT2D eigenvalue weighted by atomic mass is 32.2. The fourth-order valence-corrected chi connectivity index (χ4v) is 5.21. The monoisotopic (exact) mass is 411 g/mol. The van der Waals surface area contributed by atoms with Gasteiger partial charge in [-0.1, -0.05) is 6.42 Å². The lowest BCUT2D eigenvalue weighted by molar-refractivity contribution is -0.139. The predicted molar refractivity (Wildman–Crippen MR) is 101 cm³/mol. The van der Waals surface area contributed by atoms with Crippen molar-refractivity contribution in [2.75, 3.05) is 13.1 Å². The molecule has 3 rings (SSSR count). The van der Waals surface area contributed by atoms with E-state index in [1.165, 1.54) is 29.4 Å². The molecule has 0 spiro atoms. The number of hydrogen-bond donors (Lipinski definition) is 2. The van der Waals surface area contributed by atoms with Gasteiger partial charge in [0.1, 0.15) is 5.82 Å². The second-order valence-electron chi connectivity index (χ2n) is 7.47. The quantitative estimate of drug-likeness (QED) is 0.693. The highest BCUT2D eigenvalue weighted by Gasteiger charge is 2.33. The Hall–Kier alpha value is -2.00. The van der Waals surface area contributed by atoms with Crippen molar-refractivity contribution in [3.05, 3.63) is 29.6 Å². The SMILES string of the molecule is Cc1cc(S(=O)(=O)N2CCCC[C@@H]2CCNC(=O)C(=O)NC2CC2)ccc1F. The highest BCUT2D eigenvalue weighted by Crippen LogP contribution is 2.27. The van der Waals surface area contributed by atoms with Gasteiger partial charge in [-0.05, 0) is 62.8 Å². The summed E-state index contributed by atoms with van der Waals surface area (Å²) in [6.45, 7) is 2.14. The van der Waals surface area contributed by atoms with Crippen LogP contribution in [-0.4, -0.2) is 49.7 Å². The molecule has 2 amide bonds. The second kappa shape index (κ2) is 8.57. The van der Waals surface area contributed by atoms with E-state index in [4.69, 9.17) is 0 Å². The number of nitrogens with one attached hydrogen (secondary N) is 2. The molecule has 0 aromatic heterocycles. The maximum atomic E-state index is 13.5. The van der Waals surface area contributed by atoms with Gasteiger partial charge in [-0.25, -0.2) is 12.8 Å². The molecule has 2 aliphatic rings. The Morgan fingerprint density at radius 1 is 1.18 bits per heavy atom. The molecule has 1 heterocycles. The first kappa shape index (κ1) is 20.7. The molecule has 154 valence electrons. The summed E-state index contributed by atoms with van der Waals surface area (Å²) < 4.78 is 41.1. The number of sulfonamides is 1. The number of amides is 2. The van der Waals surface area contributed by atoms with Crippen molar-refractivity contribution in [1.29, 1.82) is 0 Å². The van der Waals surface area contributed by atoms with Crippen LogP contribution in [0.15, 0.2) is 23.1 Å². The van der Waals surface area contributed by atoms with E-state index in [0.29, 0.717) is 19.4 Å². The van der Waals surface area contributed by atoms with Gasteiger partial charge >= 0.3 is 11.8 Å². The first-order valence-corrected chi connectivity index (χ1v) is 11.1. The molecule has 1 aliphatic heterocycles. The number of carbonyl (C=O) groups excluding carboxylic acids is 2. The summed E-state index contributed by atoms with van der Waals surface area (Å²) in [5.41, 5.74) is 0.281. The van der Waals surface area contributed by atoms with Gasteiger partial charge in [-0.15, -0.1) is 0 Å². The zero-order valence-electron chi connectivity index (χ0n) is 15.9. The van der Waals surface area contributed by atoms with Crippen molar-refractivity contribution in [1.82, 2.24) is 14.9 Å². The third-order valence-corrected chi connectivity index (χ3v) is 7.14. The molecule has 2 N–H and O–H groups in total. The molecule has 1 aliphatic carbocycles. The van der Waals surface area contributed by atoms with Gasteiger partial charge in [-0.2, -0.15) is 4.31 Å². The Kier molecular flexibility index (Phi) is 6.34. The van der Waals surface area contributed by atoms with Gasteiger partial charge in [0.25, 0.3) is 0 Å². The van der Waals surface area contributed by atoms with Crippen molar-refractivity contribution in [3.8, 4) is 0 Å². The smallest absolute Gasteiger partial charge is 0.309 e. The van der Waals surface area contributed by atoms with Crippen LogP contribution in [0.1, 0.15) is 44.1 Å². The third-order valence-electron chi connectivity index (χ3n) is 5.19. The summed E-state index contributed by atoms with van der Waals surface area (Å²) in [6.07, 6.45) is 4.56. The van der Waals surface area contributed by atoms with E-state index in [2.05, 4.69) is 10.6 Å². The van der Waals surface area contributed by atoms with Gasteiger partial charge in [0.2, 0.25) is 10.0 Å². The van der Waals surface area contributed by atoms with E-state index in [-0.39, 0.29) is 29.1 Å². The molecule has 0 radical (unpaired) electrons. The predicted octanol–water partition coefficient (Wildman–Crippen LogP) is 1.46. The Bertz CT molecular complexity index is 855. The number of nitrogens with zero attached hydrogens (tertiary/aromatic N) is 1. The van der Waals surface area contributed by atoms with Crippen LogP contribution in [0.25, 0.3) is 0 Å². The average molecular weight is 411 g/mol. The normalized spacial score (nSPS) is 20.6. The molecule has 1 aromatic rings. The molecule has 7 nitrogen and oxygen atoms in total. The first-order valence-electron chi connectivity index (χ1n) is 9.65. The lowest BCUT2D eigenvalue weighted by Gasteiger charge is -2.34. The number of benzene rings is 1. The number of halogens is 1. The standard InChI is InChI=1S/C19H26FN3O4S/c1-13-12-16(7-8-17(13)20)28(26,27)23-11-3-2-4-15(23)9-10-21-18(24)19(25)22-14-5-6-14/h7-8,12,14-15H,2-6,9-11H2,1H3,(H,21,24)(H,22,25)/t15-/m1/s1. The fourth-order valence-electron chi connectivity index (χ4n) is 3.40. The molecule has 9 heteroatoms. The summed E-state index contributed by atoms with van der Waals surface area (Å²) >= 11 is 0. The molecule has 1 atom stereocenters. The molecule has 28 heavy (non-hydrogen) atoms. The Labute approximate surface area is 164 Å². The summed E-state index contributed by atoms with van der Waals surface area (Å²) in [4.78, 5) is 23.6. The third kappa shape index (κ3) is 4.88. The lowest BCUT2D eigenvalue weighted by Crippen LogP contribution is -2.46. The topological polar surface area (TPSA) is 95.6 Å². The Balaban J connectivity index is 1.62. The Morgan fingerprint density at radius 2 is 1.93 bits per heavy atom. The number of hydrogen-bond acceptors (Lipinski definition) is 4. The molecule has 2 fully saturated rings. The van der Waals surface area contributed by atoms with E-state index >= 15 is 0 Å². The largest absolute Gasteiger partial charge is 0.348 e. The van der Waals surface area contributed by atoms with Crippen LogP contribution in [0.2, 0.25) is 0 Å². The van der Waals surface area contributed by atoms with Gasteiger partial charge in [0, 0.05) is 25.2 Å². The van der Waals surface area contributed by atoms with E-state index in [1.54, 1.807) is 0 Å². The average Bonchev–Trinajstić information content (AvgIpc) is 3.48. The number of rotatable bonds is 6. The molecule has 0 unspecified atom stereocenters. The van der Waals surface area contributed by atoms with E-state index in [1.807, 2.05) is 0 Å². The minimum atomic E-state index is -3.75. The zero-order chi connectivity index (χ0) is 20.3. The van der Waals surface area contributed by atoms with Gasteiger partial charge in [0.05, 0.1) is 4.90 Å². The minimum Gasteiger partial charge on any atom is -0.348 e. The molecule has 1 aromatic carbocycles. The van der Waals surface area contributed by atoms with Crippen LogP contribution in [-0.2, 0) is 19.6 Å². The summed E-state index contributed by atoms with van der Waals surface area (Å²) in [5, 5.41) is 5.19. The van der Waals surface area contributed by atoms with Gasteiger partial charge in [-0.3, -0.25) is 9.59 Å². The first-order chi connectivity index (χ1) is 13.3. The second-order valence-corrected chi connectivity index (χ2v) is 9.36. The zero-order valence-corrected chi connectivity index (χ0v) is 16.7. The van der Waals surface area contributed by atoms with Crippen LogP contribution < -0.4 is 10.6 Å². The van der Waals surface area contributed by atoms with Crippen LogP contribution in [0.3, 0.4) is 0 Å². The summed E-state index contributed by atoms with van der Waals surface area (Å²) in [5.74, 6) is -1.77. The lowest BCUT2D eigenvalue weighted by atomic mass is 10.0. The number of piperidine rings is 1. The molecule has 1 saturated heterocycles. The van der Waals surface area contributed by atoms with E-state index in [9.17, 15) is 22.4 Å². The number of carbonyl (C=O) groups is 2. The summed E-state index contributed by atoms with van der Waals surface area (Å²) in [7, 11) is -3.75. The molecule has 1 saturated carbocycles. The minimum absolute atomic E-state index is 0.0751. The maximum Gasteiger partial charge on any atom is 0.309 e. The van der Waals surface area contributed by atoms with Crippen LogP contribution in [0.4, 0.5) is 4.39 Å². The van der Waals surface area contributed by atoms with Crippen LogP contribution in [0, 0.1) is 12.7 Å².